The summed E-state index contributed by atoms with van der Waals surface area (Å²) >= 11 is 7.88. The van der Waals surface area contributed by atoms with Crippen LogP contribution < -0.4 is 4.74 Å². The molecular formula is C10H6BrClF6O. The van der Waals surface area contributed by atoms with Gasteiger partial charge >= 0.3 is 12.1 Å². The first-order chi connectivity index (χ1) is 8.52. The largest absolute Gasteiger partial charge is 0.496 e. The quantitative estimate of drug-likeness (QED) is 0.532. The molecule has 9 heteroatoms. The molecule has 0 fully saturated rings. The molecule has 1 rings (SSSR count). The monoisotopic (exact) mass is 370 g/mol. The Balaban J connectivity index is 3.34. The topological polar surface area (TPSA) is 9.23 Å². The van der Waals surface area contributed by atoms with Crippen molar-refractivity contribution in [2.45, 2.75) is 17.5 Å². The van der Waals surface area contributed by atoms with Crippen LogP contribution in [0.2, 0.25) is 0 Å². The van der Waals surface area contributed by atoms with Gasteiger partial charge in [0.25, 0.3) is 0 Å². The Hall–Kier alpha value is -0.630. The van der Waals surface area contributed by atoms with Crippen molar-refractivity contribution in [3.8, 4) is 5.75 Å². The summed E-state index contributed by atoms with van der Waals surface area (Å²) in [6.45, 7) is 0. The first-order valence-corrected chi connectivity index (χ1v) is 5.86. The Morgan fingerprint density at radius 1 is 1.21 bits per heavy atom. The van der Waals surface area contributed by atoms with Crippen LogP contribution in [-0.4, -0.2) is 19.2 Å². The van der Waals surface area contributed by atoms with E-state index in [-0.39, 0.29) is 4.47 Å². The highest BCUT2D eigenvalue weighted by Crippen LogP contribution is 2.50. The minimum atomic E-state index is -5.83. The molecule has 0 bridgehead atoms. The lowest BCUT2D eigenvalue weighted by Crippen LogP contribution is -2.40. The number of halogens is 8. The van der Waals surface area contributed by atoms with E-state index in [1.807, 2.05) is 0 Å². The summed E-state index contributed by atoms with van der Waals surface area (Å²) in [5.74, 6) is -6.55. The van der Waals surface area contributed by atoms with Gasteiger partial charge in [0.2, 0.25) is 0 Å². The van der Waals surface area contributed by atoms with E-state index >= 15 is 0 Å². The summed E-state index contributed by atoms with van der Waals surface area (Å²) in [6.07, 6.45) is -5.83. The molecule has 19 heavy (non-hydrogen) atoms. The van der Waals surface area contributed by atoms with Crippen molar-refractivity contribution >= 4 is 27.5 Å². The van der Waals surface area contributed by atoms with Gasteiger partial charge in [-0.15, -0.1) is 11.6 Å². The molecule has 0 saturated heterocycles. The minimum absolute atomic E-state index is 0.299. The van der Waals surface area contributed by atoms with Crippen molar-refractivity contribution in [2.75, 3.05) is 7.11 Å². The lowest BCUT2D eigenvalue weighted by Gasteiger charge is -2.25. The van der Waals surface area contributed by atoms with Crippen molar-refractivity contribution < 1.29 is 31.1 Å². The summed E-state index contributed by atoms with van der Waals surface area (Å²) in [6, 6.07) is 1.40. The lowest BCUT2D eigenvalue weighted by atomic mass is 10.0. The summed E-state index contributed by atoms with van der Waals surface area (Å²) in [7, 11) is 1.00. The first kappa shape index (κ1) is 16.4. The van der Waals surface area contributed by atoms with Crippen LogP contribution in [0.3, 0.4) is 0 Å². The standard InChI is InChI=1S/C10H6BrClF6O/c1-19-7-3-6(13)5(11)2-4(7)8(12)9(14,15)10(16,17)18/h2-3,8H,1H3. The molecule has 1 unspecified atom stereocenters. The Labute approximate surface area is 117 Å². The average molecular weight is 372 g/mol. The Morgan fingerprint density at radius 3 is 2.16 bits per heavy atom. The van der Waals surface area contributed by atoms with Gasteiger partial charge in [-0.3, -0.25) is 0 Å². The fraction of sp³-hybridized carbons (Fsp3) is 0.400. The second kappa shape index (κ2) is 5.40. The van der Waals surface area contributed by atoms with Crippen LogP contribution in [0.15, 0.2) is 16.6 Å². The van der Waals surface area contributed by atoms with Gasteiger partial charge in [0.1, 0.15) is 16.9 Å². The Morgan fingerprint density at radius 2 is 1.74 bits per heavy atom. The number of ether oxygens (including phenoxy) is 1. The van der Waals surface area contributed by atoms with Crippen LogP contribution in [0.4, 0.5) is 26.3 Å². The average Bonchev–Trinajstić information content (AvgIpc) is 2.29. The maximum atomic E-state index is 13.2. The number of hydrogen-bond donors (Lipinski definition) is 0. The van der Waals surface area contributed by atoms with E-state index in [1.165, 1.54) is 0 Å². The van der Waals surface area contributed by atoms with Crippen molar-refractivity contribution in [1.82, 2.24) is 0 Å². The third-order valence-corrected chi connectivity index (χ3v) is 3.36. The van der Waals surface area contributed by atoms with Gasteiger partial charge in [0.05, 0.1) is 11.6 Å². The van der Waals surface area contributed by atoms with Crippen LogP contribution in [0.25, 0.3) is 0 Å². The van der Waals surface area contributed by atoms with Crippen LogP contribution >= 0.6 is 27.5 Å². The predicted molar refractivity (Wildman–Crippen MR) is 60.2 cm³/mol. The van der Waals surface area contributed by atoms with E-state index in [4.69, 9.17) is 11.6 Å². The highest BCUT2D eigenvalue weighted by atomic mass is 79.9. The molecule has 0 saturated carbocycles. The normalized spacial score (nSPS) is 14.4. The lowest BCUT2D eigenvalue weighted by molar-refractivity contribution is -0.283. The number of hydrogen-bond acceptors (Lipinski definition) is 1. The smallest absolute Gasteiger partial charge is 0.455 e. The zero-order valence-corrected chi connectivity index (χ0v) is 11.5. The van der Waals surface area contributed by atoms with Crippen LogP contribution in [0, 0.1) is 5.82 Å². The van der Waals surface area contributed by atoms with Gasteiger partial charge in [0, 0.05) is 11.6 Å². The van der Waals surface area contributed by atoms with E-state index in [0.29, 0.717) is 6.07 Å². The van der Waals surface area contributed by atoms with Crippen molar-refractivity contribution in [3.05, 3.63) is 28.0 Å². The molecule has 0 aliphatic carbocycles. The third kappa shape index (κ3) is 3.10. The van der Waals surface area contributed by atoms with Crippen molar-refractivity contribution in [2.24, 2.45) is 0 Å². The first-order valence-electron chi connectivity index (χ1n) is 4.64. The molecule has 0 amide bonds. The highest BCUT2D eigenvalue weighted by Gasteiger charge is 2.62. The van der Waals surface area contributed by atoms with Crippen LogP contribution in [0.5, 0.6) is 5.75 Å². The molecule has 0 aromatic heterocycles. The minimum Gasteiger partial charge on any atom is -0.496 e. The summed E-state index contributed by atoms with van der Waals surface area (Å²) in [5, 5.41) is -2.74. The van der Waals surface area contributed by atoms with Gasteiger partial charge in [-0.25, -0.2) is 4.39 Å². The number of alkyl halides is 6. The maximum Gasteiger partial charge on any atom is 0.455 e. The maximum absolute atomic E-state index is 13.2. The molecule has 1 aromatic carbocycles. The highest BCUT2D eigenvalue weighted by molar-refractivity contribution is 9.10. The van der Waals surface area contributed by atoms with E-state index in [2.05, 4.69) is 20.7 Å². The molecular weight excluding hydrogens is 365 g/mol. The predicted octanol–water partition coefficient (Wildman–Crippen LogP) is 5.07. The van der Waals surface area contributed by atoms with Crippen molar-refractivity contribution in [1.29, 1.82) is 0 Å². The second-order valence-corrected chi connectivity index (χ2v) is 4.78. The summed E-state index contributed by atoms with van der Waals surface area (Å²) in [5.41, 5.74) is -0.667. The molecule has 0 heterocycles. The fourth-order valence-electron chi connectivity index (χ4n) is 1.26. The second-order valence-electron chi connectivity index (χ2n) is 3.49. The summed E-state index contributed by atoms with van der Waals surface area (Å²) in [4.78, 5) is 0. The zero-order chi connectivity index (χ0) is 15.0. The molecule has 0 radical (unpaired) electrons. The zero-order valence-electron chi connectivity index (χ0n) is 9.16. The third-order valence-electron chi connectivity index (χ3n) is 2.24. The Kier molecular flexibility index (Phi) is 4.66. The number of rotatable bonds is 3. The van der Waals surface area contributed by atoms with Gasteiger partial charge in [-0.1, -0.05) is 0 Å². The molecule has 0 N–H and O–H groups in total. The van der Waals surface area contributed by atoms with Gasteiger partial charge in [0.15, 0.2) is 0 Å². The fourth-order valence-corrected chi connectivity index (χ4v) is 1.91. The van der Waals surface area contributed by atoms with Crippen molar-refractivity contribution in [3.63, 3.8) is 0 Å². The molecule has 0 spiro atoms. The molecule has 0 aliphatic rings. The van der Waals surface area contributed by atoms with Gasteiger partial charge < -0.3 is 4.74 Å². The van der Waals surface area contributed by atoms with Crippen LogP contribution in [0.1, 0.15) is 10.9 Å². The Bertz CT molecular complexity index is 476. The number of benzene rings is 1. The summed E-state index contributed by atoms with van der Waals surface area (Å²) < 4.78 is 80.4. The van der Waals surface area contributed by atoms with Crippen LogP contribution in [-0.2, 0) is 0 Å². The van der Waals surface area contributed by atoms with E-state index < -0.39 is 34.6 Å². The molecule has 1 aromatic rings. The molecule has 1 nitrogen and oxygen atoms in total. The molecule has 1 atom stereocenters. The molecule has 0 aliphatic heterocycles. The van der Waals surface area contributed by atoms with Gasteiger partial charge in [-0.2, -0.15) is 22.0 Å². The van der Waals surface area contributed by atoms with Gasteiger partial charge in [-0.05, 0) is 22.0 Å². The van der Waals surface area contributed by atoms with E-state index in [1.54, 1.807) is 0 Å². The van der Waals surface area contributed by atoms with E-state index in [9.17, 15) is 26.3 Å². The number of methoxy groups -OCH3 is 1. The molecule has 108 valence electrons. The van der Waals surface area contributed by atoms with E-state index in [0.717, 1.165) is 13.2 Å². The SMILES string of the molecule is COc1cc(F)c(Br)cc1C(Cl)C(F)(F)C(F)(F)F.